The van der Waals surface area contributed by atoms with Crippen molar-refractivity contribution in [3.63, 3.8) is 0 Å². The van der Waals surface area contributed by atoms with Crippen LogP contribution < -0.4 is 5.73 Å². The highest BCUT2D eigenvalue weighted by molar-refractivity contribution is 5.39. The van der Waals surface area contributed by atoms with Crippen LogP contribution >= 0.6 is 0 Å². The standard InChI is InChI=1S/C10H15N.C3H8/c1-2-3-4-9-5-7-10(11)8-6-9;1-3-2/h5-8H,2-4,11H2,1H3;3H2,1-2H3. The fraction of sp³-hybridized carbons (Fsp3) is 0.538. The van der Waals surface area contributed by atoms with Crippen LogP contribution in [0.2, 0.25) is 0 Å². The quantitative estimate of drug-likeness (QED) is 0.721. The van der Waals surface area contributed by atoms with Crippen molar-refractivity contribution in [1.29, 1.82) is 0 Å². The van der Waals surface area contributed by atoms with Crippen molar-refractivity contribution < 1.29 is 0 Å². The van der Waals surface area contributed by atoms with Crippen LogP contribution in [-0.2, 0) is 6.42 Å². The van der Waals surface area contributed by atoms with Gasteiger partial charge in [-0.15, -0.1) is 0 Å². The van der Waals surface area contributed by atoms with Crippen molar-refractivity contribution in [2.45, 2.75) is 46.5 Å². The van der Waals surface area contributed by atoms with E-state index in [9.17, 15) is 0 Å². The van der Waals surface area contributed by atoms with Crippen LogP contribution in [-0.4, -0.2) is 0 Å². The van der Waals surface area contributed by atoms with Crippen LogP contribution in [0.15, 0.2) is 24.3 Å². The van der Waals surface area contributed by atoms with E-state index in [1.807, 2.05) is 12.1 Å². The van der Waals surface area contributed by atoms with Crippen LogP contribution in [0, 0.1) is 0 Å². The Bertz CT molecular complexity index is 213. The lowest BCUT2D eigenvalue weighted by atomic mass is 10.1. The molecule has 0 heterocycles. The summed E-state index contributed by atoms with van der Waals surface area (Å²) < 4.78 is 0. The summed E-state index contributed by atoms with van der Waals surface area (Å²) in [5.41, 5.74) is 7.80. The summed E-state index contributed by atoms with van der Waals surface area (Å²) >= 11 is 0. The molecule has 1 rings (SSSR count). The van der Waals surface area contributed by atoms with E-state index in [1.165, 1.54) is 31.2 Å². The lowest BCUT2D eigenvalue weighted by Gasteiger charge is -1.99. The molecule has 0 aliphatic carbocycles. The Morgan fingerprint density at radius 3 is 1.93 bits per heavy atom. The van der Waals surface area contributed by atoms with E-state index >= 15 is 0 Å². The SMILES string of the molecule is CCC.CCCCc1ccc(N)cc1. The molecule has 0 spiro atoms. The molecule has 2 N–H and O–H groups in total. The monoisotopic (exact) mass is 193 g/mol. The predicted molar refractivity (Wildman–Crippen MR) is 65.4 cm³/mol. The van der Waals surface area contributed by atoms with Crippen LogP contribution in [0.25, 0.3) is 0 Å². The normalized spacial score (nSPS) is 9.07. The van der Waals surface area contributed by atoms with Gasteiger partial charge in [-0.05, 0) is 30.5 Å². The molecule has 0 bridgehead atoms. The molecule has 0 saturated heterocycles. The smallest absolute Gasteiger partial charge is 0.0314 e. The molecule has 1 nitrogen and oxygen atoms in total. The Labute approximate surface area is 88.3 Å². The van der Waals surface area contributed by atoms with Crippen molar-refractivity contribution >= 4 is 5.69 Å². The maximum absolute atomic E-state index is 5.56. The number of nitrogens with two attached hydrogens (primary N) is 1. The molecule has 1 heteroatoms. The lowest BCUT2D eigenvalue weighted by Crippen LogP contribution is -1.87. The zero-order valence-corrected chi connectivity index (χ0v) is 9.72. The Kier molecular flexibility index (Phi) is 8.01. The van der Waals surface area contributed by atoms with Gasteiger partial charge in [0, 0.05) is 5.69 Å². The number of aryl methyl sites for hydroxylation is 1. The minimum absolute atomic E-state index is 0.852. The second-order valence-electron chi connectivity index (χ2n) is 3.55. The fourth-order valence-electron chi connectivity index (χ4n) is 1.07. The molecule has 0 unspecified atom stereocenters. The molecular formula is C13H23N. The highest BCUT2D eigenvalue weighted by atomic mass is 14.5. The molecule has 80 valence electrons. The molecule has 0 aliphatic rings. The Balaban J connectivity index is 0.000000500. The van der Waals surface area contributed by atoms with Crippen molar-refractivity contribution in [3.8, 4) is 0 Å². The number of anilines is 1. The highest BCUT2D eigenvalue weighted by Crippen LogP contribution is 2.08. The van der Waals surface area contributed by atoms with Crippen molar-refractivity contribution in [1.82, 2.24) is 0 Å². The Morgan fingerprint density at radius 2 is 1.50 bits per heavy atom. The summed E-state index contributed by atoms with van der Waals surface area (Å²) in [6, 6.07) is 8.13. The van der Waals surface area contributed by atoms with Gasteiger partial charge in [0.1, 0.15) is 0 Å². The van der Waals surface area contributed by atoms with E-state index in [0.717, 1.165) is 5.69 Å². The topological polar surface area (TPSA) is 26.0 Å². The summed E-state index contributed by atoms with van der Waals surface area (Å²) in [5, 5.41) is 0. The van der Waals surface area contributed by atoms with Gasteiger partial charge in [-0.2, -0.15) is 0 Å². The molecule has 0 saturated carbocycles. The number of rotatable bonds is 3. The molecule has 0 fully saturated rings. The van der Waals surface area contributed by atoms with Gasteiger partial charge in [0.15, 0.2) is 0 Å². The van der Waals surface area contributed by atoms with Crippen LogP contribution in [0.4, 0.5) is 5.69 Å². The van der Waals surface area contributed by atoms with Crippen molar-refractivity contribution in [3.05, 3.63) is 29.8 Å². The average Bonchev–Trinajstić information content (AvgIpc) is 2.18. The Hall–Kier alpha value is -0.980. The van der Waals surface area contributed by atoms with E-state index in [0.29, 0.717) is 0 Å². The predicted octanol–water partition coefficient (Wildman–Crippen LogP) is 4.03. The molecule has 0 aliphatic heterocycles. The lowest BCUT2D eigenvalue weighted by molar-refractivity contribution is 0.795. The fourth-order valence-corrected chi connectivity index (χ4v) is 1.07. The van der Waals surface area contributed by atoms with Gasteiger partial charge in [0.2, 0.25) is 0 Å². The Morgan fingerprint density at radius 1 is 1.00 bits per heavy atom. The van der Waals surface area contributed by atoms with E-state index in [2.05, 4.69) is 32.9 Å². The molecular weight excluding hydrogens is 170 g/mol. The van der Waals surface area contributed by atoms with Gasteiger partial charge in [0.25, 0.3) is 0 Å². The molecule has 1 aromatic rings. The first-order chi connectivity index (χ1) is 6.74. The summed E-state index contributed by atoms with van der Waals surface area (Å²) in [6.07, 6.45) is 4.95. The van der Waals surface area contributed by atoms with E-state index < -0.39 is 0 Å². The first-order valence-electron chi connectivity index (χ1n) is 5.58. The van der Waals surface area contributed by atoms with Crippen molar-refractivity contribution in [2.24, 2.45) is 0 Å². The van der Waals surface area contributed by atoms with Gasteiger partial charge in [-0.3, -0.25) is 0 Å². The summed E-state index contributed by atoms with van der Waals surface area (Å²) in [5.74, 6) is 0. The highest BCUT2D eigenvalue weighted by Gasteiger charge is 1.90. The molecule has 1 aromatic carbocycles. The molecule has 0 aromatic heterocycles. The molecule has 0 atom stereocenters. The average molecular weight is 193 g/mol. The maximum Gasteiger partial charge on any atom is 0.0314 e. The summed E-state index contributed by atoms with van der Waals surface area (Å²) in [4.78, 5) is 0. The minimum Gasteiger partial charge on any atom is -0.399 e. The number of hydrogen-bond donors (Lipinski definition) is 1. The number of hydrogen-bond acceptors (Lipinski definition) is 1. The zero-order chi connectivity index (χ0) is 10.8. The third kappa shape index (κ3) is 6.53. The van der Waals surface area contributed by atoms with E-state index in [4.69, 9.17) is 5.73 Å². The zero-order valence-electron chi connectivity index (χ0n) is 9.72. The second-order valence-corrected chi connectivity index (χ2v) is 3.55. The molecule has 0 amide bonds. The van der Waals surface area contributed by atoms with Gasteiger partial charge in [-0.25, -0.2) is 0 Å². The first kappa shape index (κ1) is 13.0. The largest absolute Gasteiger partial charge is 0.399 e. The van der Waals surface area contributed by atoms with Gasteiger partial charge in [0.05, 0.1) is 0 Å². The second kappa shape index (κ2) is 8.61. The third-order valence-electron chi connectivity index (χ3n) is 1.80. The molecule has 14 heavy (non-hydrogen) atoms. The first-order valence-corrected chi connectivity index (χ1v) is 5.58. The third-order valence-corrected chi connectivity index (χ3v) is 1.80. The van der Waals surface area contributed by atoms with Gasteiger partial charge in [-0.1, -0.05) is 45.7 Å². The minimum atomic E-state index is 0.852. The van der Waals surface area contributed by atoms with Crippen LogP contribution in [0.3, 0.4) is 0 Å². The van der Waals surface area contributed by atoms with Crippen molar-refractivity contribution in [2.75, 3.05) is 5.73 Å². The molecule has 0 radical (unpaired) electrons. The number of unbranched alkanes of at least 4 members (excludes halogenated alkanes) is 1. The number of nitrogen functional groups attached to an aromatic ring is 1. The van der Waals surface area contributed by atoms with Crippen LogP contribution in [0.1, 0.15) is 45.6 Å². The number of benzene rings is 1. The van der Waals surface area contributed by atoms with E-state index in [1.54, 1.807) is 0 Å². The van der Waals surface area contributed by atoms with Gasteiger partial charge < -0.3 is 5.73 Å². The van der Waals surface area contributed by atoms with E-state index in [-0.39, 0.29) is 0 Å². The maximum atomic E-state index is 5.56. The summed E-state index contributed by atoms with van der Waals surface area (Å²) in [7, 11) is 0. The summed E-state index contributed by atoms with van der Waals surface area (Å²) in [6.45, 7) is 6.46. The van der Waals surface area contributed by atoms with Gasteiger partial charge >= 0.3 is 0 Å². The van der Waals surface area contributed by atoms with Crippen LogP contribution in [0.5, 0.6) is 0 Å².